The van der Waals surface area contributed by atoms with Gasteiger partial charge >= 0.3 is 0 Å². The van der Waals surface area contributed by atoms with Gasteiger partial charge in [0.1, 0.15) is 0 Å². The molecule has 90 valence electrons. The van der Waals surface area contributed by atoms with Crippen molar-refractivity contribution >= 4 is 22.9 Å². The van der Waals surface area contributed by atoms with Crippen LogP contribution in [0.1, 0.15) is 18.4 Å². The van der Waals surface area contributed by atoms with Crippen molar-refractivity contribution < 1.29 is 0 Å². The highest BCUT2D eigenvalue weighted by Crippen LogP contribution is 2.26. The highest BCUT2D eigenvalue weighted by atomic mass is 35.5. The van der Waals surface area contributed by atoms with Crippen LogP contribution >= 0.6 is 22.9 Å². The van der Waals surface area contributed by atoms with E-state index in [1.165, 1.54) is 31.5 Å². The fourth-order valence-corrected chi connectivity index (χ4v) is 3.22. The van der Waals surface area contributed by atoms with Gasteiger partial charge in [-0.15, -0.1) is 11.3 Å². The Bertz CT molecular complexity index is 319. The quantitative estimate of drug-likeness (QED) is 0.894. The van der Waals surface area contributed by atoms with Crippen molar-refractivity contribution in [2.75, 3.05) is 26.7 Å². The molecule has 0 radical (unpaired) electrons. The van der Waals surface area contributed by atoms with E-state index in [9.17, 15) is 0 Å². The maximum Gasteiger partial charge on any atom is 0.0973 e. The van der Waals surface area contributed by atoms with Gasteiger partial charge in [0, 0.05) is 6.54 Å². The molecule has 4 heteroatoms. The van der Waals surface area contributed by atoms with Crippen LogP contribution in [0, 0.1) is 5.92 Å². The van der Waals surface area contributed by atoms with E-state index in [4.69, 9.17) is 11.6 Å². The highest BCUT2D eigenvalue weighted by molar-refractivity contribution is 7.14. The minimum atomic E-state index is 0.860. The molecule has 0 saturated carbocycles. The molecule has 16 heavy (non-hydrogen) atoms. The van der Waals surface area contributed by atoms with Crippen LogP contribution in [0.3, 0.4) is 0 Å². The Morgan fingerprint density at radius 2 is 2.25 bits per heavy atom. The van der Waals surface area contributed by atoms with Crippen molar-refractivity contribution in [2.24, 2.45) is 5.92 Å². The minimum Gasteiger partial charge on any atom is -0.319 e. The summed E-state index contributed by atoms with van der Waals surface area (Å²) < 4.78 is 0.956. The second-order valence-corrected chi connectivity index (χ2v) is 6.01. The van der Waals surface area contributed by atoms with Crippen LogP contribution in [-0.4, -0.2) is 31.6 Å². The Balaban J connectivity index is 1.79. The first-order valence-corrected chi connectivity index (χ1v) is 7.14. The molecule has 0 unspecified atom stereocenters. The monoisotopic (exact) mass is 258 g/mol. The van der Waals surface area contributed by atoms with Gasteiger partial charge in [0.05, 0.1) is 4.34 Å². The first-order chi connectivity index (χ1) is 7.79. The number of likely N-dealkylation sites (tertiary alicyclic amines) is 1. The van der Waals surface area contributed by atoms with Gasteiger partial charge in [-0.05, 0) is 62.5 Å². The molecule has 1 aliphatic heterocycles. The molecule has 0 atom stereocenters. The predicted molar refractivity (Wildman–Crippen MR) is 71.3 cm³/mol. The summed E-state index contributed by atoms with van der Waals surface area (Å²) in [5.41, 5.74) is 1.29. The zero-order chi connectivity index (χ0) is 11.4. The van der Waals surface area contributed by atoms with Crippen molar-refractivity contribution in [3.63, 3.8) is 0 Å². The molecule has 0 aliphatic carbocycles. The summed E-state index contributed by atoms with van der Waals surface area (Å²) in [6, 6.07) is 2.15. The van der Waals surface area contributed by atoms with Crippen LogP contribution in [-0.2, 0) is 6.54 Å². The summed E-state index contributed by atoms with van der Waals surface area (Å²) in [5.74, 6) is 0.860. The van der Waals surface area contributed by atoms with Crippen LogP contribution < -0.4 is 5.32 Å². The van der Waals surface area contributed by atoms with Crippen LogP contribution in [0.25, 0.3) is 0 Å². The van der Waals surface area contributed by atoms with Crippen molar-refractivity contribution in [1.29, 1.82) is 0 Å². The molecule has 0 aromatic carbocycles. The second-order valence-electron chi connectivity index (χ2n) is 4.50. The third kappa shape index (κ3) is 3.20. The molecular weight excluding hydrogens is 240 g/mol. The lowest BCUT2D eigenvalue weighted by atomic mass is 9.96. The van der Waals surface area contributed by atoms with E-state index in [0.29, 0.717) is 0 Å². The molecule has 2 rings (SSSR count). The van der Waals surface area contributed by atoms with Gasteiger partial charge in [0.15, 0.2) is 0 Å². The van der Waals surface area contributed by atoms with Gasteiger partial charge in [-0.1, -0.05) is 11.6 Å². The zero-order valence-corrected chi connectivity index (χ0v) is 11.3. The van der Waals surface area contributed by atoms with Crippen LogP contribution in [0.15, 0.2) is 11.4 Å². The van der Waals surface area contributed by atoms with E-state index in [1.54, 1.807) is 11.3 Å². The standard InChI is InChI=1S/C12H19ClN2S/c1-14-8-10-2-5-15(6-3-10)9-11-4-7-16-12(11)13/h4,7,10,14H,2-3,5-6,8-9H2,1H3. The maximum absolute atomic E-state index is 6.12. The average molecular weight is 259 g/mol. The normalized spacial score (nSPS) is 19.1. The maximum atomic E-state index is 6.12. The van der Waals surface area contributed by atoms with Gasteiger partial charge < -0.3 is 5.32 Å². The van der Waals surface area contributed by atoms with Gasteiger partial charge in [0.2, 0.25) is 0 Å². The lowest BCUT2D eigenvalue weighted by molar-refractivity contribution is 0.177. The van der Waals surface area contributed by atoms with Crippen LogP contribution in [0.2, 0.25) is 4.34 Å². The summed E-state index contributed by atoms with van der Waals surface area (Å²) >= 11 is 7.75. The van der Waals surface area contributed by atoms with E-state index in [0.717, 1.165) is 23.3 Å². The van der Waals surface area contributed by atoms with E-state index < -0.39 is 0 Å². The largest absolute Gasteiger partial charge is 0.319 e. The Kier molecular flexibility index (Phi) is 4.65. The molecular formula is C12H19ClN2S. The summed E-state index contributed by atoms with van der Waals surface area (Å²) in [7, 11) is 2.04. The van der Waals surface area contributed by atoms with E-state index in [-0.39, 0.29) is 0 Å². The number of thiophene rings is 1. The fraction of sp³-hybridized carbons (Fsp3) is 0.667. The summed E-state index contributed by atoms with van der Waals surface area (Å²) in [6.07, 6.45) is 2.62. The van der Waals surface area contributed by atoms with E-state index in [1.807, 2.05) is 7.05 Å². The third-order valence-corrected chi connectivity index (χ3v) is 4.54. The molecule has 1 N–H and O–H groups in total. The Morgan fingerprint density at radius 1 is 1.50 bits per heavy atom. The Morgan fingerprint density at radius 3 is 2.81 bits per heavy atom. The van der Waals surface area contributed by atoms with Gasteiger partial charge in [0.25, 0.3) is 0 Å². The topological polar surface area (TPSA) is 15.3 Å². The van der Waals surface area contributed by atoms with Crippen molar-refractivity contribution in [3.8, 4) is 0 Å². The molecule has 0 bridgehead atoms. The van der Waals surface area contributed by atoms with Crippen LogP contribution in [0.5, 0.6) is 0 Å². The summed E-state index contributed by atoms with van der Waals surface area (Å²) in [4.78, 5) is 2.51. The Hall–Kier alpha value is -0.0900. The number of rotatable bonds is 4. The smallest absolute Gasteiger partial charge is 0.0973 e. The van der Waals surface area contributed by atoms with Crippen molar-refractivity contribution in [1.82, 2.24) is 10.2 Å². The van der Waals surface area contributed by atoms with E-state index in [2.05, 4.69) is 21.7 Å². The number of piperidine rings is 1. The number of hydrogen-bond donors (Lipinski definition) is 1. The van der Waals surface area contributed by atoms with Crippen LogP contribution in [0.4, 0.5) is 0 Å². The molecule has 1 fully saturated rings. The van der Waals surface area contributed by atoms with Crippen molar-refractivity contribution in [3.05, 3.63) is 21.3 Å². The number of nitrogens with zero attached hydrogens (tertiary/aromatic N) is 1. The highest BCUT2D eigenvalue weighted by Gasteiger charge is 2.19. The number of nitrogens with one attached hydrogen (secondary N) is 1. The van der Waals surface area contributed by atoms with Gasteiger partial charge in [-0.25, -0.2) is 0 Å². The van der Waals surface area contributed by atoms with Crippen molar-refractivity contribution in [2.45, 2.75) is 19.4 Å². The summed E-state index contributed by atoms with van der Waals surface area (Å²) in [5, 5.41) is 5.34. The fourth-order valence-electron chi connectivity index (χ4n) is 2.31. The molecule has 1 aromatic heterocycles. The molecule has 2 heterocycles. The lowest BCUT2D eigenvalue weighted by Crippen LogP contribution is -2.36. The van der Waals surface area contributed by atoms with E-state index >= 15 is 0 Å². The van der Waals surface area contributed by atoms with Gasteiger partial charge in [-0.2, -0.15) is 0 Å². The Labute approximate surface area is 107 Å². The SMILES string of the molecule is CNCC1CCN(Cc2ccsc2Cl)CC1. The average Bonchev–Trinajstić information content (AvgIpc) is 2.68. The number of halogens is 1. The minimum absolute atomic E-state index is 0.860. The molecule has 0 amide bonds. The molecule has 2 nitrogen and oxygen atoms in total. The molecule has 0 spiro atoms. The third-order valence-electron chi connectivity index (χ3n) is 3.29. The molecule has 1 saturated heterocycles. The first kappa shape index (κ1) is 12.4. The number of hydrogen-bond acceptors (Lipinski definition) is 3. The van der Waals surface area contributed by atoms with Gasteiger partial charge in [-0.3, -0.25) is 4.90 Å². The summed E-state index contributed by atoms with van der Waals surface area (Å²) in [6.45, 7) is 4.60. The first-order valence-electron chi connectivity index (χ1n) is 5.88. The second kappa shape index (κ2) is 6.01. The molecule has 1 aliphatic rings. The zero-order valence-electron chi connectivity index (χ0n) is 9.71. The molecule has 1 aromatic rings. The predicted octanol–water partition coefficient (Wildman–Crippen LogP) is 2.83. The lowest BCUT2D eigenvalue weighted by Gasteiger charge is -2.31.